The molecule has 0 aliphatic heterocycles. The molecule has 0 unspecified atom stereocenters. The van der Waals surface area contributed by atoms with E-state index in [0.29, 0.717) is 47.0 Å². The summed E-state index contributed by atoms with van der Waals surface area (Å²) in [6.45, 7) is 0. The van der Waals surface area contributed by atoms with E-state index in [-0.39, 0.29) is 12.0 Å². The molecule has 220 valence electrons. The number of halogens is 11. The highest BCUT2D eigenvalue weighted by atomic mass is 32.2. The lowest BCUT2D eigenvalue weighted by Gasteiger charge is -2.36. The maximum absolute atomic E-state index is 15.2. The Balaban J connectivity index is 1.87. The van der Waals surface area contributed by atoms with Crippen LogP contribution in [-0.4, -0.2) is 44.2 Å². The lowest BCUT2D eigenvalue weighted by molar-refractivity contribution is -0.371. The predicted molar refractivity (Wildman–Crippen MR) is 122 cm³/mol. The Morgan fingerprint density at radius 1 is 0.780 bits per heavy atom. The minimum absolute atomic E-state index is 0.00292. The average molecular weight is 617 g/mol. The van der Waals surface area contributed by atoms with Crippen LogP contribution in [0.1, 0.15) is 16.7 Å². The molecule has 3 aromatic carbocycles. The van der Waals surface area contributed by atoms with Gasteiger partial charge in [-0.05, 0) is 59.0 Å². The second-order valence-electron chi connectivity index (χ2n) is 8.78. The maximum atomic E-state index is 15.2. The first-order valence-electron chi connectivity index (χ1n) is 11.1. The summed E-state index contributed by atoms with van der Waals surface area (Å²) in [7, 11) is -5.31. The maximum Gasteiger partial charge on any atom is 0.384 e. The van der Waals surface area contributed by atoms with Crippen LogP contribution < -0.4 is 0 Å². The standard InChI is InChI=1S/C25H14F11NO3S/c26-16-6-8-17(9-7-16)41(38,39)40-37-20(22(29,30)24(33,34)25(35,36)23(31,32)21(27)28)14-5-10-19-15(12-14)11-13-3-1-2-4-18(13)19/h1-10,12,21H,11H2. The van der Waals surface area contributed by atoms with Crippen molar-refractivity contribution < 1.29 is 61.0 Å². The zero-order valence-corrected chi connectivity index (χ0v) is 20.7. The number of hydrogen-bond donors (Lipinski definition) is 0. The van der Waals surface area contributed by atoms with Gasteiger partial charge in [0.15, 0.2) is 5.71 Å². The van der Waals surface area contributed by atoms with E-state index in [1.54, 1.807) is 24.3 Å². The van der Waals surface area contributed by atoms with Crippen molar-refractivity contribution in [3.63, 3.8) is 0 Å². The lowest BCUT2D eigenvalue weighted by Crippen LogP contribution is -2.66. The number of fused-ring (bicyclic) bond motifs is 3. The van der Waals surface area contributed by atoms with Crippen LogP contribution >= 0.6 is 0 Å². The minimum Gasteiger partial charge on any atom is -0.264 e. The fourth-order valence-corrected chi connectivity index (χ4v) is 4.73. The summed E-state index contributed by atoms with van der Waals surface area (Å²) < 4.78 is 182. The Bertz CT molecular complexity index is 1610. The van der Waals surface area contributed by atoms with Gasteiger partial charge in [-0.25, -0.2) is 13.2 Å². The predicted octanol–water partition coefficient (Wildman–Crippen LogP) is 7.31. The molecule has 0 fully saturated rings. The van der Waals surface area contributed by atoms with Crippen molar-refractivity contribution in [1.82, 2.24) is 0 Å². The van der Waals surface area contributed by atoms with Crippen LogP contribution in [0.25, 0.3) is 11.1 Å². The second-order valence-corrected chi connectivity index (χ2v) is 10.3. The van der Waals surface area contributed by atoms with Gasteiger partial charge >= 0.3 is 40.2 Å². The first-order valence-corrected chi connectivity index (χ1v) is 12.5. The summed E-state index contributed by atoms with van der Waals surface area (Å²) in [5, 5.41) is 2.46. The molecule has 0 atom stereocenters. The van der Waals surface area contributed by atoms with Gasteiger partial charge < -0.3 is 0 Å². The number of nitrogens with zero attached hydrogens (tertiary/aromatic N) is 1. The number of oxime groups is 1. The highest BCUT2D eigenvalue weighted by Crippen LogP contribution is 2.55. The van der Waals surface area contributed by atoms with Crippen molar-refractivity contribution in [3.8, 4) is 11.1 Å². The molecule has 0 spiro atoms. The SMILES string of the molecule is O=S(=O)(ON=C(c1ccc2c(c1)Cc1ccccc1-2)C(F)(F)C(F)(F)C(F)(F)C(F)(F)C(F)F)c1ccc(F)cc1. The minimum atomic E-state index is -7.37. The van der Waals surface area contributed by atoms with Crippen LogP contribution in [0, 0.1) is 5.82 Å². The first-order chi connectivity index (χ1) is 18.8. The molecule has 4 rings (SSSR count). The van der Waals surface area contributed by atoms with Crippen molar-refractivity contribution in [2.75, 3.05) is 0 Å². The quantitative estimate of drug-likeness (QED) is 0.113. The molecule has 0 aromatic heterocycles. The third kappa shape index (κ3) is 4.91. The Morgan fingerprint density at radius 2 is 1.37 bits per heavy atom. The van der Waals surface area contributed by atoms with E-state index >= 15 is 8.78 Å². The van der Waals surface area contributed by atoms with Crippen molar-refractivity contribution in [3.05, 3.63) is 89.2 Å². The number of alkyl halides is 10. The van der Waals surface area contributed by atoms with E-state index in [2.05, 4.69) is 9.44 Å². The monoisotopic (exact) mass is 617 g/mol. The summed E-state index contributed by atoms with van der Waals surface area (Å²) in [5.74, 6) is -29.1. The van der Waals surface area contributed by atoms with E-state index < -0.39 is 62.2 Å². The molecule has 0 heterocycles. The molecule has 0 saturated heterocycles. The van der Waals surface area contributed by atoms with Gasteiger partial charge in [-0.3, -0.25) is 4.28 Å². The van der Waals surface area contributed by atoms with Gasteiger partial charge in [0.1, 0.15) is 10.7 Å². The summed E-state index contributed by atoms with van der Waals surface area (Å²) in [4.78, 5) is -0.948. The molecule has 16 heteroatoms. The molecule has 1 aliphatic rings. The van der Waals surface area contributed by atoms with Gasteiger partial charge in [0.25, 0.3) is 0 Å². The van der Waals surface area contributed by atoms with Gasteiger partial charge in [0.05, 0.1) is 0 Å². The first kappa shape index (κ1) is 30.3. The highest BCUT2D eigenvalue weighted by Gasteiger charge is 2.84. The number of benzene rings is 3. The third-order valence-corrected chi connectivity index (χ3v) is 7.30. The third-order valence-electron chi connectivity index (χ3n) is 6.17. The summed E-state index contributed by atoms with van der Waals surface area (Å²) >= 11 is 0. The molecular formula is C25H14F11NO3S. The van der Waals surface area contributed by atoms with Gasteiger partial charge in [0.2, 0.25) is 0 Å². The smallest absolute Gasteiger partial charge is 0.264 e. The Labute approximate surface area is 224 Å². The van der Waals surface area contributed by atoms with Crippen LogP contribution in [-0.2, 0) is 20.8 Å². The summed E-state index contributed by atoms with van der Waals surface area (Å²) in [6.07, 6.45) is -5.49. The van der Waals surface area contributed by atoms with E-state index in [1.165, 1.54) is 0 Å². The topological polar surface area (TPSA) is 55.7 Å². The van der Waals surface area contributed by atoms with Crippen LogP contribution in [0.4, 0.5) is 48.3 Å². The number of hydrogen-bond acceptors (Lipinski definition) is 4. The van der Waals surface area contributed by atoms with Crippen LogP contribution in [0.2, 0.25) is 0 Å². The van der Waals surface area contributed by atoms with Crippen molar-refractivity contribution in [2.24, 2.45) is 5.16 Å². The molecule has 4 nitrogen and oxygen atoms in total. The second kappa shape index (κ2) is 9.99. The molecule has 0 radical (unpaired) electrons. The van der Waals surface area contributed by atoms with Crippen LogP contribution in [0.3, 0.4) is 0 Å². The van der Waals surface area contributed by atoms with Crippen molar-refractivity contribution >= 4 is 15.8 Å². The van der Waals surface area contributed by atoms with Gasteiger partial charge in [-0.15, -0.1) is 0 Å². The molecule has 3 aromatic rings. The van der Waals surface area contributed by atoms with E-state index in [0.717, 1.165) is 12.1 Å². The molecule has 1 aliphatic carbocycles. The molecule has 0 saturated carbocycles. The molecule has 0 bridgehead atoms. The number of rotatable bonds is 9. The van der Waals surface area contributed by atoms with Gasteiger partial charge in [-0.1, -0.05) is 41.6 Å². The fraction of sp³-hybridized carbons (Fsp3) is 0.240. The molecule has 41 heavy (non-hydrogen) atoms. The summed E-state index contributed by atoms with van der Waals surface area (Å²) in [5.41, 5.74) is -2.02. The van der Waals surface area contributed by atoms with Crippen LogP contribution in [0.5, 0.6) is 0 Å². The van der Waals surface area contributed by atoms with Gasteiger partial charge in [0, 0.05) is 5.56 Å². The lowest BCUT2D eigenvalue weighted by atomic mass is 9.91. The largest absolute Gasteiger partial charge is 0.384 e. The van der Waals surface area contributed by atoms with Crippen LogP contribution in [0.15, 0.2) is 76.8 Å². The Kier molecular flexibility index (Phi) is 7.38. The van der Waals surface area contributed by atoms with Gasteiger partial charge in [-0.2, -0.15) is 43.5 Å². The highest BCUT2D eigenvalue weighted by molar-refractivity contribution is 7.86. The Hall–Kier alpha value is -3.69. The van der Waals surface area contributed by atoms with E-state index in [4.69, 9.17) is 0 Å². The van der Waals surface area contributed by atoms with E-state index in [1.807, 2.05) is 0 Å². The fourth-order valence-electron chi connectivity index (χ4n) is 4.01. The zero-order chi connectivity index (χ0) is 30.6. The van der Waals surface area contributed by atoms with Crippen molar-refractivity contribution in [1.29, 1.82) is 0 Å². The van der Waals surface area contributed by atoms with E-state index in [9.17, 15) is 47.9 Å². The summed E-state index contributed by atoms with van der Waals surface area (Å²) in [6, 6.07) is 11.2. The molecule has 0 amide bonds. The molecule has 0 N–H and O–H groups in total. The Morgan fingerprint density at radius 3 is 1.98 bits per heavy atom. The zero-order valence-electron chi connectivity index (χ0n) is 19.9. The van der Waals surface area contributed by atoms with Crippen molar-refractivity contribution in [2.45, 2.75) is 41.4 Å². The normalized spacial score (nSPS) is 14.7. The molecular weight excluding hydrogens is 603 g/mol. The average Bonchev–Trinajstić information content (AvgIpc) is 3.26.